The molecule has 17 heavy (non-hydrogen) atoms. The highest BCUT2D eigenvalue weighted by molar-refractivity contribution is 5.73. The van der Waals surface area contributed by atoms with Crippen molar-refractivity contribution in [3.63, 3.8) is 0 Å². The molecule has 0 amide bonds. The van der Waals surface area contributed by atoms with Crippen LogP contribution in [0.1, 0.15) is 12.8 Å². The molecule has 4 nitrogen and oxygen atoms in total. The first-order chi connectivity index (χ1) is 7.84. The summed E-state index contributed by atoms with van der Waals surface area (Å²) in [6, 6.07) is 0. The summed E-state index contributed by atoms with van der Waals surface area (Å²) >= 11 is 0. The Balaban J connectivity index is 0.000000185. The zero-order valence-corrected chi connectivity index (χ0v) is 9.04. The molecule has 2 aliphatic rings. The molecule has 0 aromatic rings. The maximum atomic E-state index is 10.6. The summed E-state index contributed by atoms with van der Waals surface area (Å²) in [7, 11) is 0. The number of carboxylic acids is 1. The number of halogens is 3. The van der Waals surface area contributed by atoms with Gasteiger partial charge in [0.2, 0.25) is 0 Å². The number of hydrogen-bond acceptors (Lipinski definition) is 3. The quantitative estimate of drug-likeness (QED) is 0.686. The lowest BCUT2D eigenvalue weighted by Gasteiger charge is -2.02. The second kappa shape index (κ2) is 5.48. The first-order valence-corrected chi connectivity index (χ1v) is 5.30. The third-order valence-electron chi connectivity index (χ3n) is 3.13. The third kappa shape index (κ3) is 3.99. The number of nitrogens with one attached hydrogen (secondary N) is 1. The molecule has 1 unspecified atom stereocenters. The molecule has 98 valence electrons. The van der Waals surface area contributed by atoms with E-state index in [4.69, 9.17) is 9.90 Å². The number of carboxylic acid groups (broad SMARTS) is 1. The van der Waals surface area contributed by atoms with Gasteiger partial charge in [0.05, 0.1) is 0 Å². The van der Waals surface area contributed by atoms with Crippen molar-refractivity contribution in [2.75, 3.05) is 13.1 Å². The van der Waals surface area contributed by atoms with E-state index in [1.54, 1.807) is 0 Å². The Labute approximate surface area is 96.2 Å². The van der Waals surface area contributed by atoms with E-state index in [2.05, 4.69) is 5.32 Å². The summed E-state index contributed by atoms with van der Waals surface area (Å²) in [5, 5.41) is 10.5. The van der Waals surface area contributed by atoms with Crippen molar-refractivity contribution < 1.29 is 27.9 Å². The van der Waals surface area contributed by atoms with E-state index in [1.807, 2.05) is 0 Å². The smallest absolute Gasteiger partial charge is 0.475 e. The number of aldehydes is 1. The van der Waals surface area contributed by atoms with Crippen LogP contribution in [0.4, 0.5) is 13.2 Å². The third-order valence-corrected chi connectivity index (χ3v) is 3.13. The van der Waals surface area contributed by atoms with Gasteiger partial charge in [0.1, 0.15) is 6.29 Å². The lowest BCUT2D eigenvalue weighted by Crippen LogP contribution is -2.21. The summed E-state index contributed by atoms with van der Waals surface area (Å²) in [5.74, 6) is -0.741. The molecule has 2 fully saturated rings. The maximum Gasteiger partial charge on any atom is 0.490 e. The number of carbonyl (C=O) groups is 2. The molecule has 2 N–H and O–H groups in total. The molecule has 0 radical (unpaired) electrons. The van der Waals surface area contributed by atoms with Crippen LogP contribution in [0.5, 0.6) is 0 Å². The largest absolute Gasteiger partial charge is 0.490 e. The first kappa shape index (κ1) is 14.0. The zero-order chi connectivity index (χ0) is 13.1. The highest BCUT2D eigenvalue weighted by Crippen LogP contribution is 2.37. The second-order valence-corrected chi connectivity index (χ2v) is 4.35. The van der Waals surface area contributed by atoms with Crippen molar-refractivity contribution in [3.8, 4) is 0 Å². The normalized spacial score (nSPS) is 31.4. The summed E-state index contributed by atoms with van der Waals surface area (Å²) in [6.45, 7) is 2.30. The molecule has 0 aromatic heterocycles. The van der Waals surface area contributed by atoms with Crippen LogP contribution in [0.2, 0.25) is 0 Å². The average molecular weight is 253 g/mol. The lowest BCUT2D eigenvalue weighted by molar-refractivity contribution is -0.192. The summed E-state index contributed by atoms with van der Waals surface area (Å²) < 4.78 is 31.7. The fourth-order valence-electron chi connectivity index (χ4n) is 2.32. The van der Waals surface area contributed by atoms with Gasteiger partial charge in [-0.2, -0.15) is 13.2 Å². The molecule has 1 saturated heterocycles. The van der Waals surface area contributed by atoms with E-state index in [0.717, 1.165) is 44.1 Å². The molecular weight excluding hydrogens is 239 g/mol. The fourth-order valence-corrected chi connectivity index (χ4v) is 2.32. The van der Waals surface area contributed by atoms with Crippen molar-refractivity contribution in [2.45, 2.75) is 19.0 Å². The van der Waals surface area contributed by atoms with Crippen molar-refractivity contribution in [1.82, 2.24) is 5.32 Å². The molecule has 1 saturated carbocycles. The zero-order valence-electron chi connectivity index (χ0n) is 9.04. The van der Waals surface area contributed by atoms with Gasteiger partial charge < -0.3 is 15.2 Å². The Morgan fingerprint density at radius 3 is 1.94 bits per heavy atom. The van der Waals surface area contributed by atoms with Gasteiger partial charge in [0.15, 0.2) is 0 Å². The van der Waals surface area contributed by atoms with E-state index in [9.17, 15) is 18.0 Å². The summed E-state index contributed by atoms with van der Waals surface area (Å²) in [6.07, 6.45) is -1.67. The van der Waals surface area contributed by atoms with Crippen molar-refractivity contribution >= 4 is 12.3 Å². The lowest BCUT2D eigenvalue weighted by atomic mass is 10.0. The van der Waals surface area contributed by atoms with Crippen LogP contribution in [0, 0.1) is 17.8 Å². The van der Waals surface area contributed by atoms with E-state index in [0.29, 0.717) is 5.92 Å². The Morgan fingerprint density at radius 1 is 1.24 bits per heavy atom. The molecule has 0 spiro atoms. The topological polar surface area (TPSA) is 66.4 Å². The Morgan fingerprint density at radius 2 is 1.65 bits per heavy atom. The molecule has 1 aliphatic heterocycles. The van der Waals surface area contributed by atoms with Crippen LogP contribution in [0.3, 0.4) is 0 Å². The van der Waals surface area contributed by atoms with Crippen molar-refractivity contribution in [3.05, 3.63) is 0 Å². The predicted octanol–water partition coefficient (Wildman–Crippen LogP) is 1.06. The van der Waals surface area contributed by atoms with E-state index >= 15 is 0 Å². The maximum absolute atomic E-state index is 10.6. The summed E-state index contributed by atoms with van der Waals surface area (Å²) in [4.78, 5) is 19.3. The van der Waals surface area contributed by atoms with Gasteiger partial charge in [-0.05, 0) is 37.8 Å². The number of aliphatic carboxylic acids is 1. The molecule has 0 aromatic carbocycles. The van der Waals surface area contributed by atoms with Gasteiger partial charge in [-0.1, -0.05) is 0 Å². The molecule has 3 atom stereocenters. The Bertz CT molecular complexity index is 281. The molecule has 1 heterocycles. The van der Waals surface area contributed by atoms with Crippen LogP contribution in [-0.4, -0.2) is 36.6 Å². The summed E-state index contributed by atoms with van der Waals surface area (Å²) in [5.41, 5.74) is 0. The van der Waals surface area contributed by atoms with Gasteiger partial charge in [0.25, 0.3) is 0 Å². The second-order valence-electron chi connectivity index (χ2n) is 4.35. The van der Waals surface area contributed by atoms with Crippen LogP contribution >= 0.6 is 0 Å². The molecular formula is C10H14F3NO3. The highest BCUT2D eigenvalue weighted by Gasteiger charge is 2.38. The van der Waals surface area contributed by atoms with Crippen molar-refractivity contribution in [1.29, 1.82) is 0 Å². The fraction of sp³-hybridized carbons (Fsp3) is 0.800. The van der Waals surface area contributed by atoms with Crippen LogP contribution in [-0.2, 0) is 9.59 Å². The van der Waals surface area contributed by atoms with Crippen molar-refractivity contribution in [2.24, 2.45) is 17.8 Å². The standard InChI is InChI=1S/C8H13NO.C2HF3O2/c10-5-6-1-7-3-9-4-8(7)2-6;3-2(4,5)1(6)7/h5-9H,1-4H2;(H,6,7)/t6?,7-,8+;. The Kier molecular flexibility index (Phi) is 4.50. The van der Waals surface area contributed by atoms with Gasteiger partial charge in [-0.15, -0.1) is 0 Å². The molecule has 7 heteroatoms. The van der Waals surface area contributed by atoms with Gasteiger partial charge in [-0.3, -0.25) is 0 Å². The Hall–Kier alpha value is -1.11. The minimum atomic E-state index is -5.08. The number of fused-ring (bicyclic) bond motifs is 1. The number of rotatable bonds is 1. The van der Waals surface area contributed by atoms with Gasteiger partial charge in [0, 0.05) is 5.92 Å². The first-order valence-electron chi connectivity index (χ1n) is 5.30. The number of alkyl halides is 3. The van der Waals surface area contributed by atoms with Gasteiger partial charge >= 0.3 is 12.1 Å². The number of carbonyl (C=O) groups excluding carboxylic acids is 1. The average Bonchev–Trinajstić information content (AvgIpc) is 2.75. The minimum absolute atomic E-state index is 0.386. The van der Waals surface area contributed by atoms with Crippen LogP contribution < -0.4 is 5.32 Å². The highest BCUT2D eigenvalue weighted by atomic mass is 19.4. The SMILES string of the molecule is O=C(O)C(F)(F)F.O=CC1C[C@H]2CNC[C@H]2C1. The predicted molar refractivity (Wildman–Crippen MR) is 52.3 cm³/mol. The van der Waals surface area contributed by atoms with E-state index < -0.39 is 12.1 Å². The number of hydrogen-bond donors (Lipinski definition) is 2. The van der Waals surface area contributed by atoms with E-state index in [-0.39, 0.29) is 0 Å². The van der Waals surface area contributed by atoms with E-state index in [1.165, 1.54) is 0 Å². The molecule has 0 bridgehead atoms. The van der Waals surface area contributed by atoms with Crippen LogP contribution in [0.15, 0.2) is 0 Å². The monoisotopic (exact) mass is 253 g/mol. The van der Waals surface area contributed by atoms with Crippen LogP contribution in [0.25, 0.3) is 0 Å². The van der Waals surface area contributed by atoms with Gasteiger partial charge in [-0.25, -0.2) is 4.79 Å². The minimum Gasteiger partial charge on any atom is -0.475 e. The molecule has 2 rings (SSSR count). The molecule has 1 aliphatic carbocycles.